The minimum Gasteiger partial charge on any atom is -0.451 e. The summed E-state index contributed by atoms with van der Waals surface area (Å²) in [4.78, 5) is 38.3. The van der Waals surface area contributed by atoms with Crippen LogP contribution >= 0.6 is 0 Å². The molecule has 0 fully saturated rings. The van der Waals surface area contributed by atoms with E-state index in [0.717, 1.165) is 18.4 Å². The second-order valence-electron chi connectivity index (χ2n) is 6.81. The molecule has 1 heterocycles. The number of rotatable bonds is 9. The normalized spacial score (nSPS) is 10.7. The van der Waals surface area contributed by atoms with Gasteiger partial charge in [-0.1, -0.05) is 43.7 Å². The Morgan fingerprint density at radius 1 is 1.14 bits per heavy atom. The monoisotopic (exact) mass is 385 g/mol. The highest BCUT2D eigenvalue weighted by Crippen LogP contribution is 2.09. The molecule has 0 N–H and O–H groups in total. The number of esters is 1. The molecule has 0 aliphatic rings. The van der Waals surface area contributed by atoms with E-state index in [4.69, 9.17) is 4.74 Å². The zero-order valence-electron chi connectivity index (χ0n) is 16.6. The standard InChI is InChI=1S/C21H27N3O4/c1-4-5-13-24-19(25)12-11-18(22-24)21(27)28-15-20(26)23(16(2)3)14-17-9-7-6-8-10-17/h6-12,16H,4-5,13-15H2,1-3H3. The molecule has 7 heteroatoms. The first kappa shape index (κ1) is 21.3. The number of ether oxygens (including phenoxy) is 1. The lowest BCUT2D eigenvalue weighted by atomic mass is 10.2. The molecule has 0 unspecified atom stereocenters. The summed E-state index contributed by atoms with van der Waals surface area (Å²) in [5.74, 6) is -1.01. The van der Waals surface area contributed by atoms with E-state index >= 15 is 0 Å². The Bertz CT molecular complexity index is 846. The fourth-order valence-corrected chi connectivity index (χ4v) is 2.65. The van der Waals surface area contributed by atoms with Gasteiger partial charge in [0.2, 0.25) is 0 Å². The van der Waals surface area contributed by atoms with Crippen molar-refractivity contribution in [3.8, 4) is 0 Å². The second kappa shape index (κ2) is 10.4. The predicted molar refractivity (Wildman–Crippen MR) is 106 cm³/mol. The highest BCUT2D eigenvalue weighted by molar-refractivity contribution is 5.89. The van der Waals surface area contributed by atoms with Crippen LogP contribution in [0.15, 0.2) is 47.3 Å². The Morgan fingerprint density at radius 2 is 1.86 bits per heavy atom. The molecule has 0 spiro atoms. The van der Waals surface area contributed by atoms with E-state index in [0.29, 0.717) is 13.1 Å². The summed E-state index contributed by atoms with van der Waals surface area (Å²) in [5, 5.41) is 4.04. The van der Waals surface area contributed by atoms with Crippen molar-refractivity contribution in [2.24, 2.45) is 0 Å². The fraction of sp³-hybridized carbons (Fsp3) is 0.429. The summed E-state index contributed by atoms with van der Waals surface area (Å²) < 4.78 is 6.40. The first-order valence-corrected chi connectivity index (χ1v) is 9.51. The lowest BCUT2D eigenvalue weighted by molar-refractivity contribution is -0.136. The van der Waals surface area contributed by atoms with Gasteiger partial charge in [0.25, 0.3) is 11.5 Å². The van der Waals surface area contributed by atoms with E-state index < -0.39 is 5.97 Å². The number of aromatic nitrogens is 2. The van der Waals surface area contributed by atoms with Crippen LogP contribution in [0.5, 0.6) is 0 Å². The molecule has 2 rings (SSSR count). The molecule has 0 atom stereocenters. The topological polar surface area (TPSA) is 81.5 Å². The Hall–Kier alpha value is -2.96. The molecule has 28 heavy (non-hydrogen) atoms. The molecule has 2 aromatic rings. The van der Waals surface area contributed by atoms with Gasteiger partial charge in [-0.15, -0.1) is 0 Å². The summed E-state index contributed by atoms with van der Waals surface area (Å²) in [6.07, 6.45) is 1.69. The Labute approximate surface area is 164 Å². The number of aryl methyl sites for hydroxylation is 1. The molecule has 0 saturated heterocycles. The number of amides is 1. The number of benzene rings is 1. The van der Waals surface area contributed by atoms with E-state index in [1.807, 2.05) is 51.1 Å². The molecule has 0 saturated carbocycles. The van der Waals surface area contributed by atoms with Gasteiger partial charge in [0.05, 0.1) is 0 Å². The number of carbonyl (C=O) groups excluding carboxylic acids is 2. The first-order valence-electron chi connectivity index (χ1n) is 9.51. The van der Waals surface area contributed by atoms with Crippen LogP contribution in [0, 0.1) is 0 Å². The zero-order chi connectivity index (χ0) is 20.5. The van der Waals surface area contributed by atoms with E-state index in [1.165, 1.54) is 16.8 Å². The lowest BCUT2D eigenvalue weighted by Gasteiger charge is -2.26. The summed E-state index contributed by atoms with van der Waals surface area (Å²) in [6.45, 7) is 6.33. The molecular weight excluding hydrogens is 358 g/mol. The van der Waals surface area contributed by atoms with Crippen LogP contribution < -0.4 is 5.56 Å². The van der Waals surface area contributed by atoms with E-state index in [1.54, 1.807) is 4.90 Å². The fourth-order valence-electron chi connectivity index (χ4n) is 2.65. The molecule has 0 aliphatic heterocycles. The minimum atomic E-state index is -0.720. The Balaban J connectivity index is 2.00. The van der Waals surface area contributed by atoms with Gasteiger partial charge in [-0.05, 0) is 31.9 Å². The van der Waals surface area contributed by atoms with Gasteiger partial charge in [0, 0.05) is 25.2 Å². The SMILES string of the molecule is CCCCn1nc(C(=O)OCC(=O)N(Cc2ccccc2)C(C)C)ccc1=O. The average molecular weight is 385 g/mol. The largest absolute Gasteiger partial charge is 0.451 e. The molecule has 0 aliphatic carbocycles. The number of hydrogen-bond donors (Lipinski definition) is 0. The van der Waals surface area contributed by atoms with Crippen LogP contribution in [0.2, 0.25) is 0 Å². The lowest BCUT2D eigenvalue weighted by Crippen LogP contribution is -2.39. The highest BCUT2D eigenvalue weighted by Gasteiger charge is 2.20. The van der Waals surface area contributed by atoms with Crippen molar-refractivity contribution in [3.05, 3.63) is 64.1 Å². The summed E-state index contributed by atoms with van der Waals surface area (Å²) in [7, 11) is 0. The van der Waals surface area contributed by atoms with Crippen LogP contribution in [0.1, 0.15) is 49.7 Å². The third-order valence-electron chi connectivity index (χ3n) is 4.27. The number of carbonyl (C=O) groups is 2. The predicted octanol–water partition coefficient (Wildman–Crippen LogP) is 2.64. The molecule has 1 aromatic heterocycles. The summed E-state index contributed by atoms with van der Waals surface area (Å²) in [6, 6.07) is 12.2. The van der Waals surface area contributed by atoms with Crippen molar-refractivity contribution in [3.63, 3.8) is 0 Å². The van der Waals surface area contributed by atoms with E-state index in [9.17, 15) is 14.4 Å². The quantitative estimate of drug-likeness (QED) is 0.620. The summed E-state index contributed by atoms with van der Waals surface area (Å²) in [5.41, 5.74) is 0.748. The first-order chi connectivity index (χ1) is 13.4. The maximum Gasteiger partial charge on any atom is 0.359 e. The smallest absolute Gasteiger partial charge is 0.359 e. The van der Waals surface area contributed by atoms with E-state index in [2.05, 4.69) is 5.10 Å². The molecule has 0 bridgehead atoms. The van der Waals surface area contributed by atoms with Gasteiger partial charge < -0.3 is 9.64 Å². The van der Waals surface area contributed by atoms with Crippen molar-refractivity contribution in [2.75, 3.05) is 6.61 Å². The zero-order valence-corrected chi connectivity index (χ0v) is 16.6. The molecule has 7 nitrogen and oxygen atoms in total. The van der Waals surface area contributed by atoms with Crippen molar-refractivity contribution in [1.82, 2.24) is 14.7 Å². The number of hydrogen-bond acceptors (Lipinski definition) is 5. The van der Waals surface area contributed by atoms with Crippen LogP contribution in [-0.2, 0) is 22.6 Å². The average Bonchev–Trinajstić information content (AvgIpc) is 2.70. The molecule has 1 aromatic carbocycles. The number of nitrogens with zero attached hydrogens (tertiary/aromatic N) is 3. The van der Waals surface area contributed by atoms with Crippen molar-refractivity contribution in [1.29, 1.82) is 0 Å². The van der Waals surface area contributed by atoms with Crippen LogP contribution in [-0.4, -0.2) is 39.2 Å². The van der Waals surface area contributed by atoms with Gasteiger partial charge in [0.15, 0.2) is 12.3 Å². The van der Waals surface area contributed by atoms with Crippen LogP contribution in [0.25, 0.3) is 0 Å². The maximum atomic E-state index is 12.6. The third kappa shape index (κ3) is 6.04. The van der Waals surface area contributed by atoms with Gasteiger partial charge in [-0.2, -0.15) is 5.10 Å². The number of unbranched alkanes of at least 4 members (excludes halogenated alkanes) is 1. The van der Waals surface area contributed by atoms with Gasteiger partial charge in [-0.25, -0.2) is 9.48 Å². The second-order valence-corrected chi connectivity index (χ2v) is 6.81. The highest BCUT2D eigenvalue weighted by atomic mass is 16.5. The van der Waals surface area contributed by atoms with Gasteiger partial charge >= 0.3 is 5.97 Å². The molecule has 150 valence electrons. The Kier molecular flexibility index (Phi) is 7.92. The van der Waals surface area contributed by atoms with Gasteiger partial charge in [0.1, 0.15) is 0 Å². The van der Waals surface area contributed by atoms with E-state index in [-0.39, 0.29) is 29.8 Å². The van der Waals surface area contributed by atoms with Crippen LogP contribution in [0.3, 0.4) is 0 Å². The molecule has 1 amide bonds. The molecular formula is C21H27N3O4. The van der Waals surface area contributed by atoms with Gasteiger partial charge in [-0.3, -0.25) is 9.59 Å². The minimum absolute atomic E-state index is 0.0164. The van der Waals surface area contributed by atoms with Crippen molar-refractivity contribution >= 4 is 11.9 Å². The molecule has 0 radical (unpaired) electrons. The van der Waals surface area contributed by atoms with Crippen molar-refractivity contribution in [2.45, 2.75) is 52.7 Å². The Morgan fingerprint density at radius 3 is 2.50 bits per heavy atom. The maximum absolute atomic E-state index is 12.6. The summed E-state index contributed by atoms with van der Waals surface area (Å²) >= 11 is 0. The van der Waals surface area contributed by atoms with Crippen molar-refractivity contribution < 1.29 is 14.3 Å². The third-order valence-corrected chi connectivity index (χ3v) is 4.27. The van der Waals surface area contributed by atoms with Crippen LogP contribution in [0.4, 0.5) is 0 Å².